The molecule has 1 atom stereocenters. The molecule has 0 rings (SSSR count). The van der Waals surface area contributed by atoms with Gasteiger partial charge in [-0.05, 0) is 192 Å². The first kappa shape index (κ1) is 56.7. The van der Waals surface area contributed by atoms with Crippen molar-refractivity contribution in [2.45, 2.75) is 192 Å². The van der Waals surface area contributed by atoms with Crippen molar-refractivity contribution in [2.24, 2.45) is 0 Å². The summed E-state index contributed by atoms with van der Waals surface area (Å²) < 4.78 is 30.6. The molecule has 0 bridgehead atoms. The highest BCUT2D eigenvalue weighted by atomic mass is 31.3. The van der Waals surface area contributed by atoms with E-state index in [1.54, 1.807) is 6.08 Å². The molecule has 0 aliphatic heterocycles. The summed E-state index contributed by atoms with van der Waals surface area (Å²) in [4.78, 5) is 26.6. The Bertz CT molecular complexity index is 1640. The first-order valence-corrected chi connectivity index (χ1v) is 25.0. The molecule has 7 nitrogen and oxygen atoms in total. The maximum atomic E-state index is 11.5. The van der Waals surface area contributed by atoms with Crippen molar-refractivity contribution >= 4 is 15.6 Å². The third-order valence-electron chi connectivity index (χ3n) is 10.2. The van der Waals surface area contributed by atoms with Gasteiger partial charge in [0.05, 0.1) is 6.61 Å². The van der Waals surface area contributed by atoms with Gasteiger partial charge in [-0.1, -0.05) is 116 Å². The Morgan fingerprint density at radius 3 is 0.763 bits per heavy atom. The molecule has 0 fully saturated rings. The fourth-order valence-electron chi connectivity index (χ4n) is 6.31. The molecule has 0 aliphatic carbocycles. The van der Waals surface area contributed by atoms with E-state index in [0.717, 1.165) is 108 Å². The molecule has 0 amide bonds. The van der Waals surface area contributed by atoms with Crippen molar-refractivity contribution in [3.63, 3.8) is 0 Å². The van der Waals surface area contributed by atoms with Crippen molar-refractivity contribution in [2.75, 3.05) is 6.61 Å². The van der Waals surface area contributed by atoms with Crippen LogP contribution in [0.5, 0.6) is 0 Å². The Labute approximate surface area is 361 Å². The molecule has 0 aromatic heterocycles. The highest BCUT2D eigenvalue weighted by molar-refractivity contribution is 7.60. The van der Waals surface area contributed by atoms with Gasteiger partial charge in [-0.15, -0.1) is 0 Å². The maximum Gasteiger partial charge on any atom is 0.481 e. The summed E-state index contributed by atoms with van der Waals surface area (Å²) in [7, 11) is -9.91. The lowest BCUT2D eigenvalue weighted by Gasteiger charge is -2.11. The minimum Gasteiger partial charge on any atom is -0.302 e. The second-order valence-electron chi connectivity index (χ2n) is 16.9. The highest BCUT2D eigenvalue weighted by Crippen LogP contribution is 2.57. The lowest BCUT2D eigenvalue weighted by molar-refractivity contribution is 0.191. The number of allylic oxidation sites excluding steroid dienone is 19. The van der Waals surface area contributed by atoms with Crippen LogP contribution in [0.2, 0.25) is 0 Å². The molecule has 0 aromatic carbocycles. The molecule has 0 radical (unpaired) electrons. The van der Waals surface area contributed by atoms with Crippen molar-refractivity contribution in [1.82, 2.24) is 0 Å². The molecule has 0 saturated carbocycles. The molecule has 3 N–H and O–H groups in total. The summed E-state index contributed by atoms with van der Waals surface area (Å²) in [5.41, 5.74) is 14.1. The Kier molecular flexibility index (Phi) is 32.0. The van der Waals surface area contributed by atoms with Gasteiger partial charge in [-0.25, -0.2) is 9.13 Å². The van der Waals surface area contributed by atoms with E-state index in [2.05, 4.69) is 133 Å². The number of phosphoric ester groups is 1. The molecule has 9 heteroatoms. The average molecular weight is 859 g/mol. The molecule has 336 valence electrons. The van der Waals surface area contributed by atoms with E-state index in [1.165, 1.54) is 63.0 Å². The minimum atomic E-state index is -5.11. The fourth-order valence-corrected chi connectivity index (χ4v) is 7.84. The highest BCUT2D eigenvalue weighted by Gasteiger charge is 2.31. The monoisotopic (exact) mass is 859 g/mol. The Balaban J connectivity index is 4.30. The standard InChI is InChI=1S/C50H84O7P2/c1-41(2)21-12-22-42(3)23-13-24-43(4)25-14-26-44(5)27-15-28-45(6)29-16-30-46(7)31-17-32-47(8)33-18-34-48(9)35-19-36-49(10)37-20-38-50(11)39-40-56-59(54,55)57-58(51,52)53/h21,23,25,27,29,31,33,35,37,39H,12-20,22,24,26,28,30,32,34,36,38,40H2,1-11H3,(H,54,55)(H2,51,52,53). The van der Waals surface area contributed by atoms with Crippen LogP contribution < -0.4 is 0 Å². The van der Waals surface area contributed by atoms with Crippen molar-refractivity contribution in [3.8, 4) is 0 Å². The van der Waals surface area contributed by atoms with Crippen molar-refractivity contribution in [3.05, 3.63) is 116 Å². The van der Waals surface area contributed by atoms with Gasteiger partial charge in [0.25, 0.3) is 0 Å². The quantitative estimate of drug-likeness (QED) is 0.0456. The van der Waals surface area contributed by atoms with Crippen LogP contribution in [-0.2, 0) is 18.0 Å². The van der Waals surface area contributed by atoms with Gasteiger partial charge in [-0.2, -0.15) is 4.31 Å². The van der Waals surface area contributed by atoms with Crippen LogP contribution in [-0.4, -0.2) is 21.3 Å². The Hall–Kier alpha value is -2.34. The van der Waals surface area contributed by atoms with E-state index in [-0.39, 0.29) is 6.61 Å². The number of hydrogen-bond acceptors (Lipinski definition) is 4. The van der Waals surface area contributed by atoms with Gasteiger partial charge in [0.2, 0.25) is 0 Å². The third-order valence-corrected chi connectivity index (χ3v) is 12.4. The van der Waals surface area contributed by atoms with E-state index >= 15 is 0 Å². The van der Waals surface area contributed by atoms with E-state index in [0.29, 0.717) is 0 Å². The predicted octanol–water partition coefficient (Wildman–Crippen LogP) is 16.7. The zero-order chi connectivity index (χ0) is 44.7. The van der Waals surface area contributed by atoms with E-state index in [9.17, 15) is 14.0 Å². The normalized spacial score (nSPS) is 15.9. The predicted molar refractivity (Wildman–Crippen MR) is 255 cm³/mol. The molecular weight excluding hydrogens is 774 g/mol. The van der Waals surface area contributed by atoms with Crippen LogP contribution in [0.1, 0.15) is 192 Å². The SMILES string of the molecule is CC(C)=CCCC(C)=CCCC(C)=CCCC(C)=CCCC(C)=CCCC(C)=CCCC(C)=CCCC(C)=CCCC(C)=CCCC(C)=CCOP(=O)(O)OP(=O)(O)O. The second kappa shape index (κ2) is 33.3. The molecular formula is C50H84O7P2. The summed E-state index contributed by atoms with van der Waals surface area (Å²) >= 11 is 0. The van der Waals surface area contributed by atoms with Gasteiger partial charge in [0.15, 0.2) is 0 Å². The summed E-state index contributed by atoms with van der Waals surface area (Å²) in [6.45, 7) is 23.9. The zero-order valence-corrected chi connectivity index (χ0v) is 40.9. The summed E-state index contributed by atoms with van der Waals surface area (Å²) in [5, 5.41) is 0. The van der Waals surface area contributed by atoms with Crippen molar-refractivity contribution in [1.29, 1.82) is 0 Å². The Morgan fingerprint density at radius 1 is 0.356 bits per heavy atom. The van der Waals surface area contributed by atoms with E-state index < -0.39 is 15.6 Å². The van der Waals surface area contributed by atoms with Gasteiger partial charge in [0, 0.05) is 0 Å². The topological polar surface area (TPSA) is 113 Å². The molecule has 59 heavy (non-hydrogen) atoms. The molecule has 0 heterocycles. The third kappa shape index (κ3) is 38.3. The molecule has 0 aliphatic rings. The lowest BCUT2D eigenvalue weighted by atomic mass is 10.0. The smallest absolute Gasteiger partial charge is 0.302 e. The van der Waals surface area contributed by atoms with Gasteiger partial charge in [0.1, 0.15) is 0 Å². The summed E-state index contributed by atoms with van der Waals surface area (Å²) in [6.07, 6.45) is 42.5. The van der Waals surface area contributed by atoms with Crippen LogP contribution in [0.25, 0.3) is 0 Å². The van der Waals surface area contributed by atoms with Crippen LogP contribution >= 0.6 is 15.6 Å². The van der Waals surface area contributed by atoms with Gasteiger partial charge in [-0.3, -0.25) is 4.52 Å². The first-order valence-electron chi connectivity index (χ1n) is 22.0. The molecule has 0 spiro atoms. The van der Waals surface area contributed by atoms with Gasteiger partial charge >= 0.3 is 15.6 Å². The van der Waals surface area contributed by atoms with Crippen LogP contribution in [0.15, 0.2) is 116 Å². The van der Waals surface area contributed by atoms with Crippen LogP contribution in [0, 0.1) is 0 Å². The number of hydrogen-bond donors (Lipinski definition) is 3. The number of phosphoric acid groups is 2. The lowest BCUT2D eigenvalue weighted by Crippen LogP contribution is -1.94. The van der Waals surface area contributed by atoms with E-state index in [4.69, 9.17) is 9.79 Å². The second-order valence-corrected chi connectivity index (χ2v) is 19.8. The summed E-state index contributed by atoms with van der Waals surface area (Å²) in [5.74, 6) is 0. The van der Waals surface area contributed by atoms with Crippen LogP contribution in [0.3, 0.4) is 0 Å². The van der Waals surface area contributed by atoms with Gasteiger partial charge < -0.3 is 14.7 Å². The fraction of sp³-hybridized carbons (Fsp3) is 0.600. The number of rotatable bonds is 32. The largest absolute Gasteiger partial charge is 0.481 e. The summed E-state index contributed by atoms with van der Waals surface area (Å²) in [6, 6.07) is 0. The zero-order valence-electron chi connectivity index (χ0n) is 39.1. The maximum absolute atomic E-state index is 11.5. The van der Waals surface area contributed by atoms with Crippen LogP contribution in [0.4, 0.5) is 0 Å². The molecule has 0 saturated heterocycles. The van der Waals surface area contributed by atoms with Crippen molar-refractivity contribution < 1.29 is 32.6 Å². The Morgan fingerprint density at radius 2 is 0.559 bits per heavy atom. The average Bonchev–Trinajstić information content (AvgIpc) is 3.10. The van der Waals surface area contributed by atoms with E-state index in [1.807, 2.05) is 6.92 Å². The minimum absolute atomic E-state index is 0.273. The first-order chi connectivity index (χ1) is 27.7. The molecule has 0 aromatic rings. The molecule has 1 unspecified atom stereocenters.